The van der Waals surface area contributed by atoms with E-state index in [1.165, 1.54) is 0 Å². The molecule has 0 spiro atoms. The second-order valence-electron chi connectivity index (χ2n) is 12.1. The minimum absolute atomic E-state index is 0.0157. The van der Waals surface area contributed by atoms with E-state index in [9.17, 15) is 19.8 Å². The summed E-state index contributed by atoms with van der Waals surface area (Å²) in [5, 5.41) is 20.1. The number of aliphatic hydroxyl groups is 2. The molecule has 1 unspecified atom stereocenters. The van der Waals surface area contributed by atoms with E-state index in [0.29, 0.717) is 49.1 Å². The number of hydrogen-bond donors (Lipinski definition) is 2. The molecule has 0 aliphatic heterocycles. The molecule has 2 fully saturated rings. The van der Waals surface area contributed by atoms with Gasteiger partial charge < -0.3 is 10.2 Å². The summed E-state index contributed by atoms with van der Waals surface area (Å²) in [4.78, 5) is 26.7. The zero-order valence-corrected chi connectivity index (χ0v) is 21.2. The lowest BCUT2D eigenvalue weighted by Crippen LogP contribution is -2.47. The van der Waals surface area contributed by atoms with Gasteiger partial charge in [-0.05, 0) is 81.0 Å². The van der Waals surface area contributed by atoms with Gasteiger partial charge in [0.2, 0.25) is 0 Å². The number of fused-ring (bicyclic) bond motifs is 1. The van der Waals surface area contributed by atoms with Crippen molar-refractivity contribution in [2.75, 3.05) is 6.61 Å². The Morgan fingerprint density at radius 2 is 1.84 bits per heavy atom. The van der Waals surface area contributed by atoms with Crippen LogP contribution in [-0.4, -0.2) is 34.5 Å². The van der Waals surface area contributed by atoms with Gasteiger partial charge in [0.05, 0.1) is 6.10 Å². The third kappa shape index (κ3) is 4.51. The van der Waals surface area contributed by atoms with Crippen molar-refractivity contribution < 1.29 is 19.8 Å². The van der Waals surface area contributed by atoms with Crippen LogP contribution in [0.3, 0.4) is 0 Å². The lowest BCUT2D eigenvalue weighted by molar-refractivity contribution is -0.137. The van der Waals surface area contributed by atoms with Gasteiger partial charge in [-0.15, -0.1) is 0 Å². The fraction of sp³-hybridized carbons (Fsp3) is 0.857. The molecule has 0 aromatic rings. The Morgan fingerprint density at radius 3 is 2.47 bits per heavy atom. The fourth-order valence-corrected chi connectivity index (χ4v) is 7.44. The van der Waals surface area contributed by atoms with Crippen LogP contribution in [0.1, 0.15) is 92.9 Å². The predicted octanol–water partition coefficient (Wildman–Crippen LogP) is 5.36. The van der Waals surface area contributed by atoms with Crippen LogP contribution in [-0.2, 0) is 9.59 Å². The van der Waals surface area contributed by atoms with Crippen LogP contribution >= 0.6 is 0 Å². The highest BCUT2D eigenvalue weighted by Gasteiger charge is 2.56. The molecule has 0 radical (unpaired) electrons. The van der Waals surface area contributed by atoms with Gasteiger partial charge in [-0.2, -0.15) is 0 Å². The molecule has 4 heteroatoms. The molecule has 0 heterocycles. The van der Waals surface area contributed by atoms with Gasteiger partial charge in [0, 0.05) is 30.3 Å². The van der Waals surface area contributed by atoms with E-state index in [0.717, 1.165) is 31.3 Å². The van der Waals surface area contributed by atoms with E-state index >= 15 is 0 Å². The third-order valence-electron chi connectivity index (χ3n) is 9.98. The molecule has 2 N–H and O–H groups in total. The third-order valence-corrected chi connectivity index (χ3v) is 9.98. The SMILES string of the molecule is CC(C)C(C)C(=O)C[C@@H](C)[C@H]1CC[C@@H]([C@@H]2CC=C3C[C@@H](O)CC[C@]3(C)C2=O)[C@]1(C)CCO. The van der Waals surface area contributed by atoms with Crippen LogP contribution in [0.5, 0.6) is 0 Å². The molecule has 8 atom stereocenters. The zero-order chi connectivity index (χ0) is 23.8. The minimum Gasteiger partial charge on any atom is -0.396 e. The van der Waals surface area contributed by atoms with Crippen LogP contribution in [0.4, 0.5) is 0 Å². The lowest BCUT2D eigenvalue weighted by Gasteiger charge is -2.48. The molecule has 0 amide bonds. The summed E-state index contributed by atoms with van der Waals surface area (Å²) in [5.41, 5.74) is 0.568. The topological polar surface area (TPSA) is 74.6 Å². The number of hydrogen-bond acceptors (Lipinski definition) is 4. The molecule has 3 aliphatic carbocycles. The van der Waals surface area contributed by atoms with E-state index in [1.807, 2.05) is 6.92 Å². The standard InChI is InChI=1S/C28H46O4/c1-17(2)19(4)25(31)15-18(3)23-9-10-24(28(23,6)13-14-29)22-8-7-20-16-21(30)11-12-27(20,5)26(22)32/h7,17-19,21-24,29-30H,8-16H2,1-6H3/t18-,19?,21+,22+,23-,24+,27+,28-/m1/s1. The summed E-state index contributed by atoms with van der Waals surface area (Å²) >= 11 is 0. The van der Waals surface area contributed by atoms with Crippen molar-refractivity contribution in [3.63, 3.8) is 0 Å². The maximum atomic E-state index is 13.8. The van der Waals surface area contributed by atoms with E-state index in [1.54, 1.807) is 0 Å². The van der Waals surface area contributed by atoms with E-state index in [2.05, 4.69) is 40.7 Å². The second kappa shape index (κ2) is 9.70. The Bertz CT molecular complexity index is 740. The molecule has 0 aromatic heterocycles. The highest BCUT2D eigenvalue weighted by Crippen LogP contribution is 2.59. The van der Waals surface area contributed by atoms with Crippen molar-refractivity contribution in [1.82, 2.24) is 0 Å². The summed E-state index contributed by atoms with van der Waals surface area (Å²) in [6, 6.07) is 0. The molecule has 2 saturated carbocycles. The van der Waals surface area contributed by atoms with Crippen molar-refractivity contribution in [1.29, 1.82) is 0 Å². The van der Waals surface area contributed by atoms with Gasteiger partial charge in [-0.3, -0.25) is 9.59 Å². The van der Waals surface area contributed by atoms with Crippen molar-refractivity contribution in [2.24, 2.45) is 46.3 Å². The van der Waals surface area contributed by atoms with Crippen LogP contribution in [0.15, 0.2) is 11.6 Å². The number of carbonyl (C=O) groups excluding carboxylic acids is 2. The van der Waals surface area contributed by atoms with Crippen molar-refractivity contribution in [3.05, 3.63) is 11.6 Å². The Morgan fingerprint density at radius 1 is 1.16 bits per heavy atom. The molecule has 3 rings (SSSR count). The lowest BCUT2D eigenvalue weighted by atomic mass is 9.55. The largest absolute Gasteiger partial charge is 0.396 e. The second-order valence-corrected chi connectivity index (χ2v) is 12.1. The van der Waals surface area contributed by atoms with Crippen LogP contribution in [0.25, 0.3) is 0 Å². The molecule has 32 heavy (non-hydrogen) atoms. The number of allylic oxidation sites excluding steroid dienone is 1. The fourth-order valence-electron chi connectivity index (χ4n) is 7.44. The molecular weight excluding hydrogens is 400 g/mol. The summed E-state index contributed by atoms with van der Waals surface area (Å²) in [6.07, 6.45) is 8.06. The van der Waals surface area contributed by atoms with Gasteiger partial charge in [0.25, 0.3) is 0 Å². The van der Waals surface area contributed by atoms with Gasteiger partial charge in [0.1, 0.15) is 11.6 Å². The van der Waals surface area contributed by atoms with Gasteiger partial charge >= 0.3 is 0 Å². The van der Waals surface area contributed by atoms with Gasteiger partial charge in [-0.25, -0.2) is 0 Å². The average molecular weight is 447 g/mol. The number of aliphatic hydroxyl groups excluding tert-OH is 2. The predicted molar refractivity (Wildman–Crippen MR) is 128 cm³/mol. The van der Waals surface area contributed by atoms with Crippen LogP contribution in [0.2, 0.25) is 0 Å². The number of ketones is 2. The molecule has 3 aliphatic rings. The highest BCUT2D eigenvalue weighted by atomic mass is 16.3. The van der Waals surface area contributed by atoms with E-state index < -0.39 is 5.41 Å². The summed E-state index contributed by atoms with van der Waals surface area (Å²) in [6.45, 7) is 12.9. The average Bonchev–Trinajstić information content (AvgIpc) is 3.06. The Kier molecular flexibility index (Phi) is 7.77. The highest BCUT2D eigenvalue weighted by molar-refractivity contribution is 5.91. The van der Waals surface area contributed by atoms with Gasteiger partial charge in [0.15, 0.2) is 0 Å². The summed E-state index contributed by atoms with van der Waals surface area (Å²) < 4.78 is 0. The summed E-state index contributed by atoms with van der Waals surface area (Å²) in [7, 11) is 0. The smallest absolute Gasteiger partial charge is 0.146 e. The first kappa shape index (κ1) is 25.6. The first-order chi connectivity index (χ1) is 15.0. The van der Waals surface area contributed by atoms with Crippen LogP contribution < -0.4 is 0 Å². The maximum Gasteiger partial charge on any atom is 0.146 e. The van der Waals surface area contributed by atoms with Crippen molar-refractivity contribution in [3.8, 4) is 0 Å². The van der Waals surface area contributed by atoms with Crippen LogP contribution in [0, 0.1) is 46.3 Å². The molecule has 0 aromatic carbocycles. The molecule has 4 nitrogen and oxygen atoms in total. The molecular formula is C28H46O4. The Hall–Kier alpha value is -1.00. The molecule has 0 saturated heterocycles. The molecule has 0 bridgehead atoms. The number of rotatable bonds is 8. The quantitative estimate of drug-likeness (QED) is 0.493. The van der Waals surface area contributed by atoms with E-state index in [-0.39, 0.29) is 41.8 Å². The van der Waals surface area contributed by atoms with Crippen molar-refractivity contribution in [2.45, 2.75) is 99.0 Å². The van der Waals surface area contributed by atoms with E-state index in [4.69, 9.17) is 0 Å². The van der Waals surface area contributed by atoms with Gasteiger partial charge in [-0.1, -0.05) is 46.3 Å². The minimum atomic E-state index is -0.436. The zero-order valence-electron chi connectivity index (χ0n) is 21.2. The normalized spacial score (nSPS) is 39.5. The number of carbonyl (C=O) groups is 2. The Balaban J connectivity index is 1.82. The first-order valence-corrected chi connectivity index (χ1v) is 13.0. The maximum absolute atomic E-state index is 13.8. The van der Waals surface area contributed by atoms with Crippen molar-refractivity contribution >= 4 is 11.6 Å². The summed E-state index contributed by atoms with van der Waals surface area (Å²) in [5.74, 6) is 1.96. The molecule has 182 valence electrons. The monoisotopic (exact) mass is 446 g/mol. The Labute approximate surface area is 195 Å². The first-order valence-electron chi connectivity index (χ1n) is 13.0. The number of Topliss-reactive ketones (excluding diaryl/α,β-unsaturated/α-hetero) is 2.